The molecule has 5 N–H and O–H groups in total. The Kier molecular flexibility index (Phi) is 4.70. The number of amides is 2. The maximum absolute atomic E-state index is 12.4. The Bertz CT molecular complexity index is 877. The van der Waals surface area contributed by atoms with Gasteiger partial charge in [0.25, 0.3) is 11.8 Å². The SMILES string of the molecule is C=CC1=C(C(=O)O)N2C(=O)C(NC(=O)C(=NO)c3csc(N)n3)[C@H]2SC1. The fourth-order valence-electron chi connectivity index (χ4n) is 2.62. The molecule has 1 aromatic heterocycles. The molecule has 1 aromatic rings. The molecule has 10 nitrogen and oxygen atoms in total. The van der Waals surface area contributed by atoms with Gasteiger partial charge in [-0.15, -0.1) is 23.1 Å². The second-order valence-corrected chi connectivity index (χ2v) is 7.26. The molecule has 2 amide bonds. The lowest BCUT2D eigenvalue weighted by Gasteiger charge is -2.49. The topological polar surface area (TPSA) is 158 Å². The smallest absolute Gasteiger partial charge is 0.352 e. The highest BCUT2D eigenvalue weighted by atomic mass is 32.2. The van der Waals surface area contributed by atoms with Crippen LogP contribution < -0.4 is 11.1 Å². The third-order valence-corrected chi connectivity index (χ3v) is 5.79. The second-order valence-electron chi connectivity index (χ2n) is 5.26. The van der Waals surface area contributed by atoms with Crippen LogP contribution in [0.2, 0.25) is 0 Å². The monoisotopic (exact) mass is 395 g/mol. The lowest BCUT2D eigenvalue weighted by molar-refractivity contribution is -0.150. The molecule has 1 unspecified atom stereocenters. The number of fused-ring (bicyclic) bond motifs is 1. The summed E-state index contributed by atoms with van der Waals surface area (Å²) in [6, 6.07) is -0.944. The Morgan fingerprint density at radius 1 is 1.54 bits per heavy atom. The molecular formula is C14H13N5O5S2. The number of nitrogen functional groups attached to an aromatic ring is 1. The number of carbonyl (C=O) groups excluding carboxylic acids is 2. The molecule has 0 radical (unpaired) electrons. The van der Waals surface area contributed by atoms with Crippen LogP contribution in [0.4, 0.5) is 5.13 Å². The highest BCUT2D eigenvalue weighted by molar-refractivity contribution is 8.00. The summed E-state index contributed by atoms with van der Waals surface area (Å²) in [6.07, 6.45) is 1.40. The molecule has 0 saturated carbocycles. The molecule has 3 rings (SSSR count). The van der Waals surface area contributed by atoms with Crippen molar-refractivity contribution in [2.45, 2.75) is 11.4 Å². The van der Waals surface area contributed by atoms with E-state index in [4.69, 9.17) is 10.9 Å². The lowest BCUT2D eigenvalue weighted by Crippen LogP contribution is -2.71. The number of hydrogen-bond donors (Lipinski definition) is 4. The van der Waals surface area contributed by atoms with E-state index in [0.717, 1.165) is 16.2 Å². The van der Waals surface area contributed by atoms with E-state index in [1.54, 1.807) is 0 Å². The number of thiazole rings is 1. The highest BCUT2D eigenvalue weighted by Gasteiger charge is 2.54. The molecule has 0 bridgehead atoms. The predicted molar refractivity (Wildman–Crippen MR) is 94.7 cm³/mol. The van der Waals surface area contributed by atoms with Gasteiger partial charge in [0, 0.05) is 11.1 Å². The van der Waals surface area contributed by atoms with Crippen molar-refractivity contribution >= 4 is 51.7 Å². The normalized spacial score (nSPS) is 22.5. The number of hydrogen-bond acceptors (Lipinski definition) is 9. The van der Waals surface area contributed by atoms with E-state index in [1.807, 2.05) is 0 Å². The summed E-state index contributed by atoms with van der Waals surface area (Å²) in [5, 5.41) is 24.9. The van der Waals surface area contributed by atoms with Crippen LogP contribution in [0, 0.1) is 0 Å². The van der Waals surface area contributed by atoms with Gasteiger partial charge in [-0.25, -0.2) is 9.78 Å². The molecule has 0 aromatic carbocycles. The average molecular weight is 395 g/mol. The van der Waals surface area contributed by atoms with Gasteiger partial charge in [-0.1, -0.05) is 17.8 Å². The molecule has 2 atom stereocenters. The molecule has 3 heterocycles. The Labute approximate surface area is 155 Å². The van der Waals surface area contributed by atoms with E-state index in [1.165, 1.54) is 23.2 Å². The van der Waals surface area contributed by atoms with E-state index in [9.17, 15) is 19.5 Å². The summed E-state index contributed by atoms with van der Waals surface area (Å²) in [6.45, 7) is 3.56. The van der Waals surface area contributed by atoms with Crippen LogP contribution in [-0.4, -0.2) is 60.9 Å². The maximum atomic E-state index is 12.4. The number of oxime groups is 1. The van der Waals surface area contributed by atoms with Crippen molar-refractivity contribution in [3.8, 4) is 0 Å². The fourth-order valence-corrected chi connectivity index (χ4v) is 4.51. The second kappa shape index (κ2) is 6.80. The van der Waals surface area contributed by atoms with Crippen LogP contribution in [0.25, 0.3) is 0 Å². The number of aliphatic carboxylic acids is 1. The van der Waals surface area contributed by atoms with Gasteiger partial charge < -0.3 is 21.4 Å². The number of carboxylic acids is 1. The molecule has 2 aliphatic heterocycles. The van der Waals surface area contributed by atoms with Crippen LogP contribution in [0.3, 0.4) is 0 Å². The van der Waals surface area contributed by atoms with Gasteiger partial charge in [0.1, 0.15) is 22.8 Å². The van der Waals surface area contributed by atoms with Crippen LogP contribution in [0.15, 0.2) is 34.5 Å². The first kappa shape index (κ1) is 17.9. The van der Waals surface area contributed by atoms with Crippen LogP contribution >= 0.6 is 23.1 Å². The maximum Gasteiger partial charge on any atom is 0.352 e. The number of thioether (sulfide) groups is 1. The minimum absolute atomic E-state index is 0.0764. The van der Waals surface area contributed by atoms with E-state index in [0.29, 0.717) is 11.3 Å². The fraction of sp³-hybridized carbons (Fsp3) is 0.214. The van der Waals surface area contributed by atoms with Gasteiger partial charge in [0.2, 0.25) is 0 Å². The van der Waals surface area contributed by atoms with Crippen LogP contribution in [0.5, 0.6) is 0 Å². The van der Waals surface area contributed by atoms with Crippen molar-refractivity contribution in [2.24, 2.45) is 5.16 Å². The molecular weight excluding hydrogens is 382 g/mol. The van der Waals surface area contributed by atoms with Crippen molar-refractivity contribution < 1.29 is 24.7 Å². The van der Waals surface area contributed by atoms with E-state index in [2.05, 4.69) is 22.0 Å². The Morgan fingerprint density at radius 3 is 2.81 bits per heavy atom. The first-order valence-electron chi connectivity index (χ1n) is 7.16. The number of nitrogens with zero attached hydrogens (tertiary/aromatic N) is 3. The summed E-state index contributed by atoms with van der Waals surface area (Å²) in [5.74, 6) is -2.27. The number of allylic oxidation sites excluding steroid dienone is 1. The average Bonchev–Trinajstić information content (AvgIpc) is 3.04. The number of rotatable bonds is 5. The Hall–Kier alpha value is -2.86. The number of anilines is 1. The molecule has 12 heteroatoms. The molecule has 1 saturated heterocycles. The summed E-state index contributed by atoms with van der Waals surface area (Å²) >= 11 is 2.37. The summed E-state index contributed by atoms with van der Waals surface area (Å²) in [7, 11) is 0. The third kappa shape index (κ3) is 2.82. The number of aromatic nitrogens is 1. The molecule has 2 aliphatic rings. The zero-order valence-electron chi connectivity index (χ0n) is 13.1. The van der Waals surface area contributed by atoms with Crippen molar-refractivity contribution in [3.63, 3.8) is 0 Å². The summed E-state index contributed by atoms with van der Waals surface area (Å²) in [4.78, 5) is 41.2. The molecule has 136 valence electrons. The molecule has 26 heavy (non-hydrogen) atoms. The van der Waals surface area contributed by atoms with Crippen LogP contribution in [0.1, 0.15) is 5.69 Å². The van der Waals surface area contributed by atoms with Gasteiger partial charge in [-0.2, -0.15) is 0 Å². The van der Waals surface area contributed by atoms with Gasteiger partial charge in [0.05, 0.1) is 0 Å². The molecule has 0 spiro atoms. The standard InChI is InChI=1S/C14H13N5O5S2/c1-2-5-3-25-12-8(11(21)19(12)9(5)13(22)23)17-10(20)7(18-24)6-4-26-14(15)16-6/h2,4,8,12,24H,1,3H2,(H2,15,16)(H,17,20)(H,22,23)/t8?,12-/m1/s1. The highest BCUT2D eigenvalue weighted by Crippen LogP contribution is 2.40. The Balaban J connectivity index is 1.78. The Morgan fingerprint density at radius 2 is 2.27 bits per heavy atom. The lowest BCUT2D eigenvalue weighted by atomic mass is 10.0. The molecule has 1 fully saturated rings. The van der Waals surface area contributed by atoms with Crippen molar-refractivity contribution in [3.05, 3.63) is 35.0 Å². The predicted octanol–water partition coefficient (Wildman–Crippen LogP) is -0.172. The van der Waals surface area contributed by atoms with Crippen molar-refractivity contribution in [1.82, 2.24) is 15.2 Å². The van der Waals surface area contributed by atoms with E-state index < -0.39 is 29.2 Å². The first-order valence-corrected chi connectivity index (χ1v) is 9.09. The van der Waals surface area contributed by atoms with Gasteiger partial charge in [0.15, 0.2) is 10.8 Å². The largest absolute Gasteiger partial charge is 0.477 e. The van der Waals surface area contributed by atoms with E-state index >= 15 is 0 Å². The van der Waals surface area contributed by atoms with Crippen molar-refractivity contribution in [2.75, 3.05) is 11.5 Å². The number of carboxylic acid groups (broad SMARTS) is 1. The van der Waals surface area contributed by atoms with Crippen LogP contribution in [-0.2, 0) is 14.4 Å². The molecule has 0 aliphatic carbocycles. The minimum Gasteiger partial charge on any atom is -0.477 e. The van der Waals surface area contributed by atoms with Gasteiger partial charge >= 0.3 is 5.97 Å². The van der Waals surface area contributed by atoms with Gasteiger partial charge in [-0.3, -0.25) is 14.5 Å². The van der Waals surface area contributed by atoms with Gasteiger partial charge in [-0.05, 0) is 5.57 Å². The number of β-lactam (4-membered cyclic amide) rings is 1. The number of carbonyl (C=O) groups is 3. The summed E-state index contributed by atoms with van der Waals surface area (Å²) in [5.41, 5.74) is 5.49. The number of nitrogens with one attached hydrogen (secondary N) is 1. The van der Waals surface area contributed by atoms with Crippen molar-refractivity contribution in [1.29, 1.82) is 0 Å². The third-order valence-electron chi connectivity index (χ3n) is 3.81. The van der Waals surface area contributed by atoms with E-state index in [-0.39, 0.29) is 22.2 Å². The number of nitrogens with two attached hydrogens (primary N) is 1. The minimum atomic E-state index is -1.24. The summed E-state index contributed by atoms with van der Waals surface area (Å²) < 4.78 is 0. The first-order chi connectivity index (χ1) is 12.4. The zero-order valence-corrected chi connectivity index (χ0v) is 14.7. The zero-order chi connectivity index (χ0) is 19.0. The quantitative estimate of drug-likeness (QED) is 0.231.